The first-order valence-electron chi connectivity index (χ1n) is 7.16. The Kier molecular flexibility index (Phi) is 5.19. The van der Waals surface area contributed by atoms with E-state index in [0.717, 1.165) is 25.1 Å². The van der Waals surface area contributed by atoms with Gasteiger partial charge < -0.3 is 10.5 Å². The maximum atomic E-state index is 5.60. The van der Waals surface area contributed by atoms with E-state index in [0.29, 0.717) is 5.92 Å². The zero-order valence-electron chi connectivity index (χ0n) is 12.3. The normalized spacial score (nSPS) is 12.2. The highest BCUT2D eigenvalue weighted by molar-refractivity contribution is 5.65. The van der Waals surface area contributed by atoms with Gasteiger partial charge in [-0.1, -0.05) is 43.3 Å². The van der Waals surface area contributed by atoms with E-state index in [-0.39, 0.29) is 0 Å². The third kappa shape index (κ3) is 3.84. The Balaban J connectivity index is 2.11. The lowest BCUT2D eigenvalue weighted by atomic mass is 9.96. The largest absolute Gasteiger partial charge is 0.497 e. The van der Waals surface area contributed by atoms with Gasteiger partial charge >= 0.3 is 0 Å². The summed E-state index contributed by atoms with van der Waals surface area (Å²) in [4.78, 5) is 0. The fourth-order valence-corrected chi connectivity index (χ4v) is 2.42. The standard InChI is InChI=1S/C18H23NO/c1-14(10-11-19)12-15-6-8-16(9-7-15)17-4-3-5-18(13-17)20-2/h3-9,13-14H,10-12,19H2,1-2H3. The molecule has 2 aromatic rings. The first kappa shape index (κ1) is 14.6. The van der Waals surface area contributed by atoms with E-state index in [2.05, 4.69) is 43.3 Å². The molecule has 2 N–H and O–H groups in total. The Morgan fingerprint density at radius 2 is 1.80 bits per heavy atom. The molecular weight excluding hydrogens is 246 g/mol. The third-order valence-corrected chi connectivity index (χ3v) is 3.60. The summed E-state index contributed by atoms with van der Waals surface area (Å²) in [6, 6.07) is 16.9. The molecule has 2 rings (SSSR count). The van der Waals surface area contributed by atoms with Gasteiger partial charge in [0.25, 0.3) is 0 Å². The summed E-state index contributed by atoms with van der Waals surface area (Å²) in [6.07, 6.45) is 2.17. The zero-order chi connectivity index (χ0) is 14.4. The van der Waals surface area contributed by atoms with Crippen LogP contribution in [0.3, 0.4) is 0 Å². The van der Waals surface area contributed by atoms with E-state index in [9.17, 15) is 0 Å². The molecule has 106 valence electrons. The Labute approximate surface area is 121 Å². The monoisotopic (exact) mass is 269 g/mol. The number of rotatable bonds is 6. The van der Waals surface area contributed by atoms with E-state index < -0.39 is 0 Å². The molecule has 0 radical (unpaired) electrons. The highest BCUT2D eigenvalue weighted by Gasteiger charge is 2.04. The van der Waals surface area contributed by atoms with Crippen molar-refractivity contribution >= 4 is 0 Å². The van der Waals surface area contributed by atoms with Crippen molar-refractivity contribution in [2.45, 2.75) is 19.8 Å². The molecule has 0 saturated carbocycles. The van der Waals surface area contributed by atoms with Crippen molar-refractivity contribution in [3.8, 4) is 16.9 Å². The molecule has 2 nitrogen and oxygen atoms in total. The summed E-state index contributed by atoms with van der Waals surface area (Å²) in [6.45, 7) is 3.02. The minimum absolute atomic E-state index is 0.641. The van der Waals surface area contributed by atoms with Crippen LogP contribution < -0.4 is 10.5 Å². The van der Waals surface area contributed by atoms with Crippen LogP contribution in [0.15, 0.2) is 48.5 Å². The molecule has 2 heteroatoms. The van der Waals surface area contributed by atoms with Gasteiger partial charge in [-0.15, -0.1) is 0 Å². The topological polar surface area (TPSA) is 35.2 Å². The predicted molar refractivity (Wildman–Crippen MR) is 85.0 cm³/mol. The maximum absolute atomic E-state index is 5.60. The minimum atomic E-state index is 0.641. The van der Waals surface area contributed by atoms with Crippen LogP contribution in [0, 0.1) is 5.92 Å². The molecule has 0 aliphatic heterocycles. The Bertz CT molecular complexity index is 533. The molecule has 0 aromatic heterocycles. The van der Waals surface area contributed by atoms with Gasteiger partial charge in [0.05, 0.1) is 7.11 Å². The van der Waals surface area contributed by atoms with Gasteiger partial charge in [0.1, 0.15) is 5.75 Å². The van der Waals surface area contributed by atoms with E-state index >= 15 is 0 Å². The minimum Gasteiger partial charge on any atom is -0.497 e. The number of methoxy groups -OCH3 is 1. The molecule has 2 aromatic carbocycles. The van der Waals surface area contributed by atoms with Gasteiger partial charge in [0.15, 0.2) is 0 Å². The fourth-order valence-electron chi connectivity index (χ4n) is 2.42. The highest BCUT2D eigenvalue weighted by atomic mass is 16.5. The molecule has 0 aliphatic carbocycles. The van der Waals surface area contributed by atoms with E-state index in [4.69, 9.17) is 10.5 Å². The highest BCUT2D eigenvalue weighted by Crippen LogP contribution is 2.24. The van der Waals surface area contributed by atoms with Gasteiger partial charge in [0.2, 0.25) is 0 Å². The second-order valence-electron chi connectivity index (χ2n) is 5.32. The number of benzene rings is 2. The first-order valence-corrected chi connectivity index (χ1v) is 7.16. The van der Waals surface area contributed by atoms with Crippen molar-refractivity contribution in [2.75, 3.05) is 13.7 Å². The van der Waals surface area contributed by atoms with Gasteiger partial charge in [-0.3, -0.25) is 0 Å². The lowest BCUT2D eigenvalue weighted by Crippen LogP contribution is -2.07. The third-order valence-electron chi connectivity index (χ3n) is 3.60. The maximum Gasteiger partial charge on any atom is 0.119 e. The Morgan fingerprint density at radius 3 is 2.45 bits per heavy atom. The lowest BCUT2D eigenvalue weighted by Gasteiger charge is -2.11. The molecule has 0 spiro atoms. The van der Waals surface area contributed by atoms with E-state index in [1.807, 2.05) is 12.1 Å². The molecule has 0 fully saturated rings. The summed E-state index contributed by atoms with van der Waals surface area (Å²) in [5.41, 5.74) is 9.38. The molecular formula is C18H23NO. The van der Waals surface area contributed by atoms with Crippen molar-refractivity contribution in [3.63, 3.8) is 0 Å². The Hall–Kier alpha value is -1.80. The van der Waals surface area contributed by atoms with Crippen LogP contribution in [0.1, 0.15) is 18.9 Å². The molecule has 0 aliphatic rings. The van der Waals surface area contributed by atoms with Crippen molar-refractivity contribution in [3.05, 3.63) is 54.1 Å². The van der Waals surface area contributed by atoms with Crippen LogP contribution in [-0.4, -0.2) is 13.7 Å². The summed E-state index contributed by atoms with van der Waals surface area (Å²) in [5, 5.41) is 0. The van der Waals surface area contributed by atoms with Crippen LogP contribution in [-0.2, 0) is 6.42 Å². The zero-order valence-corrected chi connectivity index (χ0v) is 12.3. The molecule has 1 unspecified atom stereocenters. The molecule has 1 atom stereocenters. The Morgan fingerprint density at radius 1 is 1.05 bits per heavy atom. The second-order valence-corrected chi connectivity index (χ2v) is 5.32. The average molecular weight is 269 g/mol. The molecule has 0 saturated heterocycles. The summed E-state index contributed by atoms with van der Waals surface area (Å²) in [7, 11) is 1.70. The molecule has 20 heavy (non-hydrogen) atoms. The van der Waals surface area contributed by atoms with E-state index in [1.54, 1.807) is 7.11 Å². The van der Waals surface area contributed by atoms with Crippen LogP contribution in [0.5, 0.6) is 5.75 Å². The summed E-state index contributed by atoms with van der Waals surface area (Å²) >= 11 is 0. The molecule has 0 bridgehead atoms. The quantitative estimate of drug-likeness (QED) is 0.863. The van der Waals surface area contributed by atoms with Gasteiger partial charge in [-0.25, -0.2) is 0 Å². The molecule has 0 heterocycles. The lowest BCUT2D eigenvalue weighted by molar-refractivity contribution is 0.415. The second kappa shape index (κ2) is 7.11. The average Bonchev–Trinajstić information content (AvgIpc) is 2.48. The smallest absolute Gasteiger partial charge is 0.119 e. The predicted octanol–water partition coefficient (Wildman–Crippen LogP) is 3.89. The van der Waals surface area contributed by atoms with Crippen LogP contribution in [0.2, 0.25) is 0 Å². The number of hydrogen-bond acceptors (Lipinski definition) is 2. The summed E-state index contributed by atoms with van der Waals surface area (Å²) < 4.78 is 5.27. The van der Waals surface area contributed by atoms with Gasteiger partial charge in [0, 0.05) is 0 Å². The van der Waals surface area contributed by atoms with Crippen molar-refractivity contribution in [2.24, 2.45) is 11.7 Å². The summed E-state index contributed by atoms with van der Waals surface area (Å²) in [5.74, 6) is 1.53. The van der Waals surface area contributed by atoms with Crippen molar-refractivity contribution in [1.82, 2.24) is 0 Å². The number of ether oxygens (including phenoxy) is 1. The van der Waals surface area contributed by atoms with Crippen molar-refractivity contribution < 1.29 is 4.74 Å². The first-order chi connectivity index (χ1) is 9.72. The fraction of sp³-hybridized carbons (Fsp3) is 0.333. The molecule has 0 amide bonds. The van der Waals surface area contributed by atoms with Gasteiger partial charge in [-0.05, 0) is 54.1 Å². The van der Waals surface area contributed by atoms with Crippen LogP contribution >= 0.6 is 0 Å². The van der Waals surface area contributed by atoms with E-state index in [1.165, 1.54) is 16.7 Å². The van der Waals surface area contributed by atoms with Gasteiger partial charge in [-0.2, -0.15) is 0 Å². The van der Waals surface area contributed by atoms with Crippen molar-refractivity contribution in [1.29, 1.82) is 0 Å². The SMILES string of the molecule is COc1cccc(-c2ccc(CC(C)CCN)cc2)c1. The van der Waals surface area contributed by atoms with Crippen LogP contribution in [0.25, 0.3) is 11.1 Å². The number of nitrogens with two attached hydrogens (primary N) is 1. The number of hydrogen-bond donors (Lipinski definition) is 1. The van der Waals surface area contributed by atoms with Crippen LogP contribution in [0.4, 0.5) is 0 Å².